The van der Waals surface area contributed by atoms with Crippen LogP contribution in [0.4, 0.5) is 0 Å². The number of hydrogen-bond acceptors (Lipinski definition) is 6. The van der Waals surface area contributed by atoms with Crippen LogP contribution in [0.25, 0.3) is 0 Å². The van der Waals surface area contributed by atoms with Gasteiger partial charge >= 0.3 is 17.9 Å². The van der Waals surface area contributed by atoms with Gasteiger partial charge in [-0.3, -0.25) is 14.4 Å². The maximum atomic E-state index is 13.0. The molecule has 0 amide bonds. The van der Waals surface area contributed by atoms with Gasteiger partial charge in [-0.2, -0.15) is 0 Å². The van der Waals surface area contributed by atoms with Gasteiger partial charge in [0.25, 0.3) is 0 Å². The van der Waals surface area contributed by atoms with Crippen LogP contribution in [0, 0.1) is 0 Å². The van der Waals surface area contributed by atoms with Crippen LogP contribution in [0.5, 0.6) is 0 Å². The van der Waals surface area contributed by atoms with Gasteiger partial charge in [0.05, 0.1) is 0 Å². The van der Waals surface area contributed by atoms with Crippen molar-refractivity contribution in [3.8, 4) is 0 Å². The second kappa shape index (κ2) is 71.6. The van der Waals surface area contributed by atoms with Crippen LogP contribution >= 0.6 is 0 Å². The minimum atomic E-state index is -0.782. The molecular weight excluding hydrogens is 1020 g/mol. The van der Waals surface area contributed by atoms with E-state index in [1.165, 1.54) is 270 Å². The highest BCUT2D eigenvalue weighted by atomic mass is 16.6. The second-order valence-electron chi connectivity index (χ2n) is 24.8. The van der Waals surface area contributed by atoms with Crippen LogP contribution in [0.1, 0.15) is 393 Å². The van der Waals surface area contributed by atoms with E-state index in [-0.39, 0.29) is 31.1 Å². The van der Waals surface area contributed by atoms with E-state index in [4.69, 9.17) is 14.2 Å². The Hall–Kier alpha value is -2.89. The minimum absolute atomic E-state index is 0.0762. The maximum Gasteiger partial charge on any atom is 0.306 e. The molecule has 0 aliphatic carbocycles. The third kappa shape index (κ3) is 69.8. The lowest BCUT2D eigenvalue weighted by atomic mass is 10.0. The molecule has 0 heterocycles. The van der Waals surface area contributed by atoms with Crippen LogP contribution in [0.15, 0.2) is 60.8 Å². The molecular formula is C77H140O6. The fraction of sp³-hybridized carbons (Fsp3) is 0.831. The molecule has 0 aromatic rings. The Kier molecular flexibility index (Phi) is 69.1. The highest BCUT2D eigenvalue weighted by molar-refractivity contribution is 5.71. The maximum absolute atomic E-state index is 13.0. The fourth-order valence-corrected chi connectivity index (χ4v) is 10.9. The van der Waals surface area contributed by atoms with Crippen molar-refractivity contribution in [2.24, 2.45) is 0 Å². The van der Waals surface area contributed by atoms with Gasteiger partial charge in [0.1, 0.15) is 13.2 Å². The summed E-state index contributed by atoms with van der Waals surface area (Å²) < 4.78 is 17.0. The molecule has 0 bridgehead atoms. The largest absolute Gasteiger partial charge is 0.462 e. The molecule has 0 rings (SSSR count). The van der Waals surface area contributed by atoms with Crippen molar-refractivity contribution in [3.05, 3.63) is 60.8 Å². The van der Waals surface area contributed by atoms with E-state index in [0.717, 1.165) is 83.5 Å². The lowest BCUT2D eigenvalue weighted by Crippen LogP contribution is -2.30. The molecule has 6 heteroatoms. The lowest BCUT2D eigenvalue weighted by molar-refractivity contribution is -0.167. The van der Waals surface area contributed by atoms with Crippen molar-refractivity contribution >= 4 is 17.9 Å². The Morgan fingerprint density at radius 2 is 0.434 bits per heavy atom. The molecule has 1 unspecified atom stereocenters. The average Bonchev–Trinajstić information content (AvgIpc) is 3.50. The number of esters is 3. The van der Waals surface area contributed by atoms with Gasteiger partial charge in [-0.15, -0.1) is 0 Å². The van der Waals surface area contributed by atoms with E-state index in [2.05, 4.69) is 81.5 Å². The van der Waals surface area contributed by atoms with E-state index in [1.54, 1.807) is 0 Å². The van der Waals surface area contributed by atoms with E-state index in [1.807, 2.05) is 0 Å². The van der Waals surface area contributed by atoms with Gasteiger partial charge in [-0.05, 0) is 109 Å². The zero-order valence-corrected chi connectivity index (χ0v) is 55.7. The van der Waals surface area contributed by atoms with Crippen molar-refractivity contribution < 1.29 is 28.6 Å². The summed E-state index contributed by atoms with van der Waals surface area (Å²) in [6, 6.07) is 0. The van der Waals surface area contributed by atoms with Crippen LogP contribution in [0.3, 0.4) is 0 Å². The molecule has 83 heavy (non-hydrogen) atoms. The van der Waals surface area contributed by atoms with Crippen LogP contribution in [-0.4, -0.2) is 37.2 Å². The summed E-state index contributed by atoms with van der Waals surface area (Å²) in [5, 5.41) is 0. The Bertz CT molecular complexity index is 1470. The van der Waals surface area contributed by atoms with E-state index in [9.17, 15) is 14.4 Å². The Morgan fingerprint density at radius 3 is 0.687 bits per heavy atom. The first-order valence-electron chi connectivity index (χ1n) is 36.8. The number of carbonyl (C=O) groups is 3. The van der Waals surface area contributed by atoms with Crippen LogP contribution < -0.4 is 0 Å². The third-order valence-corrected chi connectivity index (χ3v) is 16.5. The lowest BCUT2D eigenvalue weighted by Gasteiger charge is -2.18. The zero-order chi connectivity index (χ0) is 59.9. The first kappa shape index (κ1) is 80.1. The molecule has 1 atom stereocenters. The molecule has 0 radical (unpaired) electrons. The van der Waals surface area contributed by atoms with Gasteiger partial charge in [0.2, 0.25) is 0 Å². The second-order valence-corrected chi connectivity index (χ2v) is 24.8. The molecule has 0 saturated carbocycles. The van der Waals surface area contributed by atoms with Crippen LogP contribution in [-0.2, 0) is 28.6 Å². The molecule has 0 aliphatic heterocycles. The number of ether oxygens (including phenoxy) is 3. The number of rotatable bonds is 68. The first-order valence-corrected chi connectivity index (χ1v) is 36.8. The van der Waals surface area contributed by atoms with E-state index in [0.29, 0.717) is 19.3 Å². The van der Waals surface area contributed by atoms with E-state index < -0.39 is 6.10 Å². The molecule has 0 saturated heterocycles. The summed E-state index contributed by atoms with van der Waals surface area (Å²) in [6.45, 7) is 6.66. The third-order valence-electron chi connectivity index (χ3n) is 16.5. The highest BCUT2D eigenvalue weighted by Crippen LogP contribution is 2.18. The molecule has 0 aromatic heterocycles. The molecule has 6 nitrogen and oxygen atoms in total. The quantitative estimate of drug-likeness (QED) is 0.0261. The zero-order valence-electron chi connectivity index (χ0n) is 55.7. The van der Waals surface area contributed by atoms with Crippen molar-refractivity contribution in [2.75, 3.05) is 13.2 Å². The molecule has 0 spiro atoms. The highest BCUT2D eigenvalue weighted by Gasteiger charge is 2.19. The molecule has 484 valence electrons. The number of unbranched alkanes of at least 4 members (excludes halogenated alkanes) is 47. The Morgan fingerprint density at radius 1 is 0.241 bits per heavy atom. The summed E-state index contributed by atoms with van der Waals surface area (Å²) in [5.74, 6) is -0.868. The van der Waals surface area contributed by atoms with Gasteiger partial charge in [-0.1, -0.05) is 326 Å². The first-order chi connectivity index (χ1) is 41.0. The molecule has 0 fully saturated rings. The van der Waals surface area contributed by atoms with Gasteiger partial charge < -0.3 is 14.2 Å². The summed E-state index contributed by atoms with van der Waals surface area (Å²) in [4.78, 5) is 38.5. The molecule has 0 N–H and O–H groups in total. The topological polar surface area (TPSA) is 78.9 Å². The normalized spacial score (nSPS) is 12.4. The molecule has 0 aliphatic rings. The van der Waals surface area contributed by atoms with Crippen LogP contribution in [0.2, 0.25) is 0 Å². The summed E-state index contributed by atoms with van der Waals surface area (Å²) in [7, 11) is 0. The van der Waals surface area contributed by atoms with Crippen molar-refractivity contribution in [1.29, 1.82) is 0 Å². The summed E-state index contributed by atoms with van der Waals surface area (Å²) in [6.07, 6.45) is 92.6. The molecule has 0 aromatic carbocycles. The predicted molar refractivity (Wildman–Crippen MR) is 362 cm³/mol. The number of carbonyl (C=O) groups excluding carboxylic acids is 3. The van der Waals surface area contributed by atoms with Crippen molar-refractivity contribution in [3.63, 3.8) is 0 Å². The fourth-order valence-electron chi connectivity index (χ4n) is 10.9. The van der Waals surface area contributed by atoms with E-state index >= 15 is 0 Å². The predicted octanol–water partition coefficient (Wildman–Crippen LogP) is 25.5. The number of hydrogen-bond donors (Lipinski definition) is 0. The Balaban J connectivity index is 4.22. The minimum Gasteiger partial charge on any atom is -0.462 e. The average molecular weight is 1160 g/mol. The summed E-state index contributed by atoms with van der Waals surface area (Å²) >= 11 is 0. The smallest absolute Gasteiger partial charge is 0.306 e. The SMILES string of the molecule is CCCCCC/C=C\C/C=C\CCCCCCCCCC(=O)OC(COC(=O)CCCCCCC/C=C\CCCCCCCCC)COC(=O)CCCCCCCCCCCCCCCCCCCCC/C=C\C/C=C\CCCCCCC. The standard InChI is InChI=1S/C77H140O6/c1-4-7-10-13-16-19-22-25-28-31-33-34-35-36-37-38-39-40-41-42-43-44-45-47-49-52-55-58-61-64-67-70-76(79)82-73-74(72-81-75(78)69-66-63-60-57-54-51-48-30-27-24-21-18-15-12-9-6-3)83-77(80)71-68-65-62-59-56-53-50-46-32-29-26-23-20-17-14-11-8-5-2/h20,22-23,25,29-33,48,74H,4-19,21,24,26-28,34-47,49-73H2,1-3H3/b23-20-,25-22-,32-29-,33-31-,48-30-. The van der Waals surface area contributed by atoms with Crippen molar-refractivity contribution in [2.45, 2.75) is 399 Å². The summed E-state index contributed by atoms with van der Waals surface area (Å²) in [5.41, 5.74) is 0. The van der Waals surface area contributed by atoms with Gasteiger partial charge in [0.15, 0.2) is 6.10 Å². The van der Waals surface area contributed by atoms with Crippen molar-refractivity contribution in [1.82, 2.24) is 0 Å². The Labute approximate surface area is 517 Å². The monoisotopic (exact) mass is 1160 g/mol. The number of allylic oxidation sites excluding steroid dienone is 10. The van der Waals surface area contributed by atoms with Gasteiger partial charge in [-0.25, -0.2) is 0 Å². The van der Waals surface area contributed by atoms with Gasteiger partial charge in [0, 0.05) is 19.3 Å².